The average molecular weight is 378 g/mol. The number of hydrogen-bond acceptors (Lipinski definition) is 4. The van der Waals surface area contributed by atoms with Crippen molar-refractivity contribution >= 4 is 35.2 Å². The first-order valence-electron chi connectivity index (χ1n) is 7.67. The van der Waals surface area contributed by atoms with E-state index in [4.69, 9.17) is 21.1 Å². The normalized spacial score (nSPS) is 11.8. The second kappa shape index (κ2) is 9.01. The fourth-order valence-electron chi connectivity index (χ4n) is 2.00. The van der Waals surface area contributed by atoms with Gasteiger partial charge in [-0.15, -0.1) is 0 Å². The van der Waals surface area contributed by atoms with Crippen molar-refractivity contribution in [3.8, 4) is 5.75 Å². The summed E-state index contributed by atoms with van der Waals surface area (Å²) in [5.41, 5.74) is 0.976. The van der Waals surface area contributed by atoms with Crippen molar-refractivity contribution in [3.63, 3.8) is 0 Å². The van der Waals surface area contributed by atoms with Crippen molar-refractivity contribution in [2.75, 3.05) is 12.4 Å². The molecule has 0 aromatic heterocycles. The number of anilines is 1. The zero-order valence-corrected chi connectivity index (χ0v) is 14.9. The summed E-state index contributed by atoms with van der Waals surface area (Å²) >= 11 is 5.84. The van der Waals surface area contributed by atoms with Crippen LogP contribution in [0.1, 0.15) is 12.5 Å². The minimum atomic E-state index is -1.06. The number of carbonyl (C=O) groups excluding carboxylic acids is 2. The molecule has 0 unspecified atom stereocenters. The van der Waals surface area contributed by atoms with Crippen molar-refractivity contribution in [3.05, 3.63) is 64.9 Å². The highest BCUT2D eigenvalue weighted by Crippen LogP contribution is 2.22. The Morgan fingerprint density at radius 3 is 2.69 bits per heavy atom. The fraction of sp³-hybridized carbons (Fsp3) is 0.158. The lowest BCUT2D eigenvalue weighted by Gasteiger charge is -2.13. The van der Waals surface area contributed by atoms with Gasteiger partial charge in [0.05, 0.1) is 17.8 Å². The standard InChI is InChI=1S/C19H17ClFNO4/c1-12(19(24)22-17-8-7-14(21)11-16(17)20)26-18(23)9-6-13-4-3-5-15(10-13)25-2/h3-12H,1-2H3,(H,22,24)/b9-6+/t12-/m0/s1. The summed E-state index contributed by atoms with van der Waals surface area (Å²) in [5, 5.41) is 2.53. The number of carbonyl (C=O) groups is 2. The van der Waals surface area contributed by atoms with Crippen molar-refractivity contribution in [2.24, 2.45) is 0 Å². The van der Waals surface area contributed by atoms with Crippen LogP contribution in [0.15, 0.2) is 48.5 Å². The fourth-order valence-corrected chi connectivity index (χ4v) is 2.22. The summed E-state index contributed by atoms with van der Waals surface area (Å²) in [4.78, 5) is 23.9. The van der Waals surface area contributed by atoms with Gasteiger partial charge in [-0.05, 0) is 48.9 Å². The zero-order chi connectivity index (χ0) is 19.1. The average Bonchev–Trinajstić information content (AvgIpc) is 2.62. The number of hydrogen-bond donors (Lipinski definition) is 1. The van der Waals surface area contributed by atoms with Crippen LogP contribution in [0.4, 0.5) is 10.1 Å². The quantitative estimate of drug-likeness (QED) is 0.608. The van der Waals surface area contributed by atoms with E-state index in [2.05, 4.69) is 5.32 Å². The number of benzene rings is 2. The summed E-state index contributed by atoms with van der Waals surface area (Å²) < 4.78 is 23.1. The number of nitrogens with one attached hydrogen (secondary N) is 1. The molecule has 1 N–H and O–H groups in total. The molecule has 0 aliphatic heterocycles. The Morgan fingerprint density at radius 2 is 2.00 bits per heavy atom. The summed E-state index contributed by atoms with van der Waals surface area (Å²) in [6, 6.07) is 10.7. The predicted molar refractivity (Wildman–Crippen MR) is 97.6 cm³/mol. The van der Waals surface area contributed by atoms with E-state index >= 15 is 0 Å². The predicted octanol–water partition coefficient (Wildman–Crippen LogP) is 4.07. The Bertz CT molecular complexity index is 838. The van der Waals surface area contributed by atoms with Gasteiger partial charge in [-0.25, -0.2) is 9.18 Å². The molecule has 2 aromatic rings. The van der Waals surface area contributed by atoms with E-state index in [0.717, 1.165) is 17.7 Å². The zero-order valence-electron chi connectivity index (χ0n) is 14.2. The second-order valence-electron chi connectivity index (χ2n) is 5.30. The maximum atomic E-state index is 13.0. The van der Waals surface area contributed by atoms with E-state index in [9.17, 15) is 14.0 Å². The van der Waals surface area contributed by atoms with Gasteiger partial charge in [0.15, 0.2) is 6.10 Å². The Balaban J connectivity index is 1.93. The van der Waals surface area contributed by atoms with E-state index < -0.39 is 23.8 Å². The first-order valence-corrected chi connectivity index (χ1v) is 8.05. The molecule has 26 heavy (non-hydrogen) atoms. The van der Waals surface area contributed by atoms with Gasteiger partial charge in [0, 0.05) is 6.08 Å². The van der Waals surface area contributed by atoms with Gasteiger partial charge in [-0.3, -0.25) is 4.79 Å². The number of amides is 1. The van der Waals surface area contributed by atoms with Crippen LogP contribution in [0, 0.1) is 5.82 Å². The Morgan fingerprint density at radius 1 is 1.23 bits per heavy atom. The lowest BCUT2D eigenvalue weighted by atomic mass is 10.2. The number of ether oxygens (including phenoxy) is 2. The van der Waals surface area contributed by atoms with E-state index in [1.165, 1.54) is 19.1 Å². The molecule has 0 fully saturated rings. The molecule has 0 bridgehead atoms. The van der Waals surface area contributed by atoms with E-state index in [1.54, 1.807) is 37.5 Å². The van der Waals surface area contributed by atoms with Crippen LogP contribution in [-0.4, -0.2) is 25.1 Å². The molecule has 136 valence electrons. The van der Waals surface area contributed by atoms with Crippen LogP contribution in [-0.2, 0) is 14.3 Å². The van der Waals surface area contributed by atoms with Crippen molar-refractivity contribution in [2.45, 2.75) is 13.0 Å². The van der Waals surface area contributed by atoms with Crippen LogP contribution in [0.3, 0.4) is 0 Å². The Hall–Kier alpha value is -2.86. The highest BCUT2D eigenvalue weighted by Gasteiger charge is 2.17. The molecule has 7 heteroatoms. The molecule has 2 rings (SSSR count). The van der Waals surface area contributed by atoms with Crippen LogP contribution in [0.2, 0.25) is 5.02 Å². The molecule has 0 spiro atoms. The molecule has 5 nitrogen and oxygen atoms in total. The lowest BCUT2D eigenvalue weighted by molar-refractivity contribution is -0.148. The van der Waals surface area contributed by atoms with Gasteiger partial charge in [-0.1, -0.05) is 23.7 Å². The van der Waals surface area contributed by atoms with Crippen LogP contribution in [0.25, 0.3) is 6.08 Å². The highest BCUT2D eigenvalue weighted by atomic mass is 35.5. The lowest BCUT2D eigenvalue weighted by Crippen LogP contribution is -2.29. The summed E-state index contributed by atoms with van der Waals surface area (Å²) in [6.45, 7) is 1.42. The van der Waals surface area contributed by atoms with Gasteiger partial charge in [0.1, 0.15) is 11.6 Å². The van der Waals surface area contributed by atoms with Crippen LogP contribution in [0.5, 0.6) is 5.75 Å². The third-order valence-electron chi connectivity index (χ3n) is 3.36. The molecule has 0 radical (unpaired) electrons. The molecule has 0 aliphatic carbocycles. The molecular weight excluding hydrogens is 361 g/mol. The van der Waals surface area contributed by atoms with Gasteiger partial charge < -0.3 is 14.8 Å². The van der Waals surface area contributed by atoms with Crippen molar-refractivity contribution < 1.29 is 23.5 Å². The first kappa shape index (κ1) is 19.5. The van der Waals surface area contributed by atoms with Crippen LogP contribution >= 0.6 is 11.6 Å². The molecule has 0 saturated heterocycles. The van der Waals surface area contributed by atoms with E-state index in [1.807, 2.05) is 0 Å². The SMILES string of the molecule is COc1cccc(/C=C/C(=O)O[C@@H](C)C(=O)Nc2ccc(F)cc2Cl)c1. The maximum absolute atomic E-state index is 13.0. The van der Waals surface area contributed by atoms with Gasteiger partial charge in [0.25, 0.3) is 5.91 Å². The number of rotatable bonds is 6. The third kappa shape index (κ3) is 5.60. The van der Waals surface area contributed by atoms with E-state index in [-0.39, 0.29) is 10.7 Å². The minimum Gasteiger partial charge on any atom is -0.497 e. The molecular formula is C19H17ClFNO4. The minimum absolute atomic E-state index is 0.0507. The third-order valence-corrected chi connectivity index (χ3v) is 3.67. The first-order chi connectivity index (χ1) is 12.4. The second-order valence-corrected chi connectivity index (χ2v) is 5.71. The molecule has 1 atom stereocenters. The van der Waals surface area contributed by atoms with Gasteiger partial charge >= 0.3 is 5.97 Å². The molecule has 0 heterocycles. The molecule has 1 amide bonds. The molecule has 0 aliphatic rings. The topological polar surface area (TPSA) is 64.6 Å². The smallest absolute Gasteiger partial charge is 0.331 e. The maximum Gasteiger partial charge on any atom is 0.331 e. The van der Waals surface area contributed by atoms with E-state index in [0.29, 0.717) is 5.75 Å². The Kier molecular flexibility index (Phi) is 6.74. The van der Waals surface area contributed by atoms with Crippen LogP contribution < -0.4 is 10.1 Å². The molecule has 0 saturated carbocycles. The number of esters is 1. The van der Waals surface area contributed by atoms with Gasteiger partial charge in [0.2, 0.25) is 0 Å². The number of methoxy groups -OCH3 is 1. The molecule has 2 aromatic carbocycles. The van der Waals surface area contributed by atoms with Crippen molar-refractivity contribution in [1.29, 1.82) is 0 Å². The Labute approximate surface area is 155 Å². The monoisotopic (exact) mass is 377 g/mol. The summed E-state index contributed by atoms with van der Waals surface area (Å²) in [7, 11) is 1.55. The number of halogens is 2. The summed E-state index contributed by atoms with van der Waals surface area (Å²) in [5.74, 6) is -1.12. The van der Waals surface area contributed by atoms with Crippen molar-refractivity contribution in [1.82, 2.24) is 0 Å². The summed E-state index contributed by atoms with van der Waals surface area (Å²) in [6.07, 6.45) is 1.70. The highest BCUT2D eigenvalue weighted by molar-refractivity contribution is 6.33. The van der Waals surface area contributed by atoms with Gasteiger partial charge in [-0.2, -0.15) is 0 Å². The largest absolute Gasteiger partial charge is 0.497 e.